The van der Waals surface area contributed by atoms with Crippen molar-refractivity contribution in [3.8, 4) is 17.6 Å². The Bertz CT molecular complexity index is 2820. The normalized spacial score (nSPS) is 14.9. The SMILES string of the molecule is CN1CCN(c2ccc(C(=O)Nc3nn(C(c4ccccc4)(c4ccccc4)c4ccccc4)c4cc(C#Cc5cccc(O)c5)ccc34)c(N(C(=O)C(F)(F)F)C3CCOCC3)c2)CC1. The summed E-state index contributed by atoms with van der Waals surface area (Å²) in [6.07, 6.45) is -4.90. The maximum Gasteiger partial charge on any atom is 0.471 e. The van der Waals surface area contributed by atoms with Crippen LogP contribution in [-0.2, 0) is 15.1 Å². The summed E-state index contributed by atoms with van der Waals surface area (Å²) < 4.78 is 51.4. The topological polar surface area (TPSA) is 103 Å². The van der Waals surface area contributed by atoms with Crippen molar-refractivity contribution in [2.24, 2.45) is 0 Å². The smallest absolute Gasteiger partial charge is 0.471 e. The predicted octanol–water partition coefficient (Wildman–Crippen LogP) is 9.06. The highest BCUT2D eigenvalue weighted by atomic mass is 19.4. The maximum atomic E-state index is 15.0. The van der Waals surface area contributed by atoms with E-state index in [0.29, 0.717) is 40.8 Å². The van der Waals surface area contributed by atoms with Crippen LogP contribution in [-0.4, -0.2) is 90.3 Å². The van der Waals surface area contributed by atoms with Crippen molar-refractivity contribution >= 4 is 39.9 Å². The van der Waals surface area contributed by atoms with Crippen molar-refractivity contribution in [1.82, 2.24) is 14.7 Å². The van der Waals surface area contributed by atoms with E-state index in [-0.39, 0.29) is 48.9 Å². The molecule has 2 aliphatic heterocycles. The van der Waals surface area contributed by atoms with Crippen LogP contribution in [0.3, 0.4) is 0 Å². The minimum atomic E-state index is -5.22. The highest BCUT2D eigenvalue weighted by Crippen LogP contribution is 2.44. The van der Waals surface area contributed by atoms with Gasteiger partial charge in [0.1, 0.15) is 11.3 Å². The van der Waals surface area contributed by atoms with E-state index in [1.165, 1.54) is 6.07 Å². The fourth-order valence-electron chi connectivity index (χ4n) is 9.07. The minimum Gasteiger partial charge on any atom is -0.508 e. The molecule has 0 unspecified atom stereocenters. The Labute approximate surface area is 380 Å². The Morgan fingerprint density at radius 1 is 0.727 bits per heavy atom. The van der Waals surface area contributed by atoms with E-state index < -0.39 is 29.6 Å². The molecule has 3 heterocycles. The molecule has 0 aliphatic carbocycles. The zero-order valence-electron chi connectivity index (χ0n) is 36.2. The monoisotopic (exact) mass is 888 g/mol. The van der Waals surface area contributed by atoms with Crippen molar-refractivity contribution in [3.63, 3.8) is 0 Å². The molecule has 66 heavy (non-hydrogen) atoms. The average molecular weight is 889 g/mol. The van der Waals surface area contributed by atoms with Crippen molar-refractivity contribution in [1.29, 1.82) is 0 Å². The summed E-state index contributed by atoms with van der Waals surface area (Å²) in [6.45, 7) is 3.03. The summed E-state index contributed by atoms with van der Waals surface area (Å²) in [7, 11) is 2.01. The number of anilines is 3. The largest absolute Gasteiger partial charge is 0.508 e. The van der Waals surface area contributed by atoms with Crippen LogP contribution in [0.1, 0.15) is 51.0 Å². The standard InChI is InChI=1S/C53H47F3N6O4/c1-59-28-30-60(31-29-59)43-23-25-46(47(36-43)61(51(65)53(54,55)56)42-26-32-66-33-27-42)50(64)57-49-45-24-22-38(21-20-37-12-11-19-44(63)34-37)35-48(45)62(58-49)52(39-13-5-2-6-14-39,40-15-7-3-8-16-40)41-17-9-4-10-18-41/h2-19,22-25,34-36,42,63H,26-33H2,1H3,(H,57,58,64). The first-order valence-corrected chi connectivity index (χ1v) is 21.9. The number of rotatable bonds is 9. The lowest BCUT2D eigenvalue weighted by atomic mass is 9.77. The lowest BCUT2D eigenvalue weighted by Gasteiger charge is -2.37. The van der Waals surface area contributed by atoms with Crippen LogP contribution in [0.2, 0.25) is 0 Å². The molecular formula is C53H47F3N6O4. The van der Waals surface area contributed by atoms with Crippen LogP contribution < -0.4 is 15.1 Å². The van der Waals surface area contributed by atoms with Gasteiger partial charge in [-0.15, -0.1) is 0 Å². The first-order chi connectivity index (χ1) is 32.0. The number of amides is 2. The first kappa shape index (κ1) is 43.8. The molecule has 6 aromatic carbocycles. The molecule has 13 heteroatoms. The van der Waals surface area contributed by atoms with Gasteiger partial charge in [-0.3, -0.25) is 9.59 Å². The summed E-state index contributed by atoms with van der Waals surface area (Å²) in [5, 5.41) is 18.9. The number of aromatic hydroxyl groups is 1. The van der Waals surface area contributed by atoms with Crippen LogP contribution in [0, 0.1) is 11.8 Å². The number of benzene rings is 6. The number of piperazine rings is 1. The molecule has 0 bridgehead atoms. The Balaban J connectivity index is 1.25. The number of aromatic nitrogens is 2. The van der Waals surface area contributed by atoms with Crippen LogP contribution in [0.5, 0.6) is 5.75 Å². The number of hydrogen-bond acceptors (Lipinski definition) is 7. The Morgan fingerprint density at radius 3 is 1.89 bits per heavy atom. The molecule has 2 amide bonds. The number of halogens is 3. The molecule has 1 aromatic heterocycles. The molecule has 2 N–H and O–H groups in total. The van der Waals surface area contributed by atoms with Gasteiger partial charge in [-0.05, 0) is 91.2 Å². The number of fused-ring (bicyclic) bond motifs is 1. The molecule has 2 saturated heterocycles. The van der Waals surface area contributed by atoms with E-state index in [1.54, 1.807) is 42.5 Å². The second-order valence-corrected chi connectivity index (χ2v) is 16.6. The molecule has 2 aliphatic rings. The molecule has 9 rings (SSSR count). The lowest BCUT2D eigenvalue weighted by molar-refractivity contribution is -0.171. The van der Waals surface area contributed by atoms with Crippen molar-refractivity contribution in [2.75, 3.05) is 61.6 Å². The number of nitrogens with one attached hydrogen (secondary N) is 1. The van der Waals surface area contributed by atoms with Gasteiger partial charge in [-0.1, -0.05) is 109 Å². The zero-order valence-corrected chi connectivity index (χ0v) is 36.2. The number of hydrogen-bond donors (Lipinski definition) is 2. The van der Waals surface area contributed by atoms with Crippen molar-refractivity contribution in [2.45, 2.75) is 30.6 Å². The highest BCUT2D eigenvalue weighted by molar-refractivity contribution is 6.14. The van der Waals surface area contributed by atoms with Crippen molar-refractivity contribution in [3.05, 3.63) is 185 Å². The van der Waals surface area contributed by atoms with Crippen LogP contribution in [0.25, 0.3) is 10.9 Å². The fourth-order valence-corrected chi connectivity index (χ4v) is 9.07. The van der Waals surface area contributed by atoms with E-state index in [9.17, 15) is 23.1 Å². The predicted molar refractivity (Wildman–Crippen MR) is 250 cm³/mol. The minimum absolute atomic E-state index is 0.0878. The summed E-state index contributed by atoms with van der Waals surface area (Å²) in [4.78, 5) is 33.6. The number of carbonyl (C=O) groups excluding carboxylic acids is 2. The van der Waals surface area contributed by atoms with Gasteiger partial charge in [0.2, 0.25) is 0 Å². The molecular weight excluding hydrogens is 842 g/mol. The van der Waals surface area contributed by atoms with Crippen molar-refractivity contribution < 1.29 is 32.6 Å². The van der Waals surface area contributed by atoms with E-state index in [2.05, 4.69) is 27.0 Å². The molecule has 2 fully saturated rings. The summed E-state index contributed by atoms with van der Waals surface area (Å²) in [5.74, 6) is 3.80. The maximum absolute atomic E-state index is 15.0. The fraction of sp³-hybridized carbons (Fsp3) is 0.226. The molecule has 0 atom stereocenters. The van der Waals surface area contributed by atoms with Gasteiger partial charge in [0.25, 0.3) is 5.91 Å². The van der Waals surface area contributed by atoms with Gasteiger partial charge in [-0.25, -0.2) is 4.68 Å². The van der Waals surface area contributed by atoms with Crippen LogP contribution in [0.15, 0.2) is 152 Å². The molecule has 334 valence electrons. The quantitative estimate of drug-likeness (QED) is 0.110. The molecule has 7 aromatic rings. The van der Waals surface area contributed by atoms with Crippen LogP contribution in [0.4, 0.5) is 30.4 Å². The van der Waals surface area contributed by atoms with Gasteiger partial charge in [0.05, 0.1) is 16.8 Å². The Morgan fingerprint density at radius 2 is 1.32 bits per heavy atom. The molecule has 10 nitrogen and oxygen atoms in total. The number of phenols is 1. The Kier molecular flexibility index (Phi) is 12.4. The Hall–Kier alpha value is -7.40. The van der Waals surface area contributed by atoms with Gasteiger partial charge in [0.15, 0.2) is 5.82 Å². The molecule has 0 radical (unpaired) electrons. The third-order valence-corrected chi connectivity index (χ3v) is 12.4. The number of carbonyl (C=O) groups is 2. The zero-order chi connectivity index (χ0) is 45.8. The van der Waals surface area contributed by atoms with Crippen LogP contribution >= 0.6 is 0 Å². The second kappa shape index (κ2) is 18.6. The number of phenolic OH excluding ortho intramolecular Hbond substituents is 1. The van der Waals surface area contributed by atoms with E-state index >= 15 is 4.79 Å². The van der Waals surface area contributed by atoms with E-state index in [4.69, 9.17) is 9.84 Å². The van der Waals surface area contributed by atoms with Gasteiger partial charge in [-0.2, -0.15) is 18.3 Å². The molecule has 0 spiro atoms. The van der Waals surface area contributed by atoms with E-state index in [0.717, 1.165) is 34.7 Å². The summed E-state index contributed by atoms with van der Waals surface area (Å²) >= 11 is 0. The van der Waals surface area contributed by atoms with Gasteiger partial charge in [0, 0.05) is 67.6 Å². The number of likely N-dealkylation sites (N-methyl/N-ethyl adjacent to an activating group) is 1. The summed E-state index contributed by atoms with van der Waals surface area (Å²) in [6, 6.07) is 45.7. The van der Waals surface area contributed by atoms with Gasteiger partial charge >= 0.3 is 12.1 Å². The first-order valence-electron chi connectivity index (χ1n) is 21.9. The second-order valence-electron chi connectivity index (χ2n) is 16.6. The molecule has 0 saturated carbocycles. The third-order valence-electron chi connectivity index (χ3n) is 12.4. The highest BCUT2D eigenvalue weighted by Gasteiger charge is 2.47. The number of nitrogens with zero attached hydrogens (tertiary/aromatic N) is 5. The third kappa shape index (κ3) is 8.73. The average Bonchev–Trinajstić information content (AvgIpc) is 3.69. The van der Waals surface area contributed by atoms with Gasteiger partial charge < -0.3 is 29.9 Å². The lowest BCUT2D eigenvalue weighted by Crippen LogP contribution is -2.50. The number of alkyl halides is 3. The summed E-state index contributed by atoms with van der Waals surface area (Å²) in [5.41, 5.74) is 3.61. The number of ether oxygens (including phenoxy) is 1. The van der Waals surface area contributed by atoms with E-state index in [1.807, 2.05) is 115 Å².